The third-order valence-corrected chi connectivity index (χ3v) is 3.85. The van der Waals surface area contributed by atoms with Gasteiger partial charge in [0, 0.05) is 10.6 Å². The normalized spacial score (nSPS) is 10.4. The van der Waals surface area contributed by atoms with Gasteiger partial charge in [0.05, 0.1) is 17.2 Å². The topological polar surface area (TPSA) is 51.2 Å². The fraction of sp³-hybridized carbons (Fsp3) is 0.167. The molecule has 0 amide bonds. The zero-order valence-electron chi connectivity index (χ0n) is 10.5. The Morgan fingerprint density at radius 2 is 2.00 bits per heavy atom. The number of esters is 1. The molecule has 0 radical (unpaired) electrons. The van der Waals surface area contributed by atoms with Crippen LogP contribution in [0.2, 0.25) is 10.0 Å². The molecule has 106 valence electrons. The van der Waals surface area contributed by atoms with E-state index in [0.29, 0.717) is 15.7 Å². The number of hydrogen-bond acceptors (Lipinski definition) is 5. The number of methoxy groups -OCH3 is 1. The van der Waals surface area contributed by atoms with E-state index in [1.165, 1.54) is 30.6 Å². The number of carbonyl (C=O) groups excluding carboxylic acids is 1. The van der Waals surface area contributed by atoms with Crippen LogP contribution in [-0.2, 0) is 4.74 Å². The van der Waals surface area contributed by atoms with Crippen LogP contribution in [0, 0.1) is 12.7 Å². The monoisotopic (exact) mass is 334 g/mol. The van der Waals surface area contributed by atoms with Crippen molar-refractivity contribution in [2.75, 3.05) is 12.4 Å². The Hall–Kier alpha value is -1.37. The Balaban J connectivity index is 2.29. The maximum atomic E-state index is 13.3. The van der Waals surface area contributed by atoms with Crippen LogP contribution in [0.25, 0.3) is 0 Å². The first-order valence-electron chi connectivity index (χ1n) is 5.39. The summed E-state index contributed by atoms with van der Waals surface area (Å²) in [5.41, 5.74) is 0.714. The van der Waals surface area contributed by atoms with Crippen molar-refractivity contribution in [3.05, 3.63) is 38.6 Å². The minimum Gasteiger partial charge on any atom is -0.464 e. The minimum atomic E-state index is -0.676. The molecule has 0 fully saturated rings. The molecule has 2 aromatic rings. The second-order valence-electron chi connectivity index (χ2n) is 3.79. The van der Waals surface area contributed by atoms with Gasteiger partial charge in [-0.3, -0.25) is 0 Å². The second kappa shape index (κ2) is 5.95. The molecule has 0 aliphatic carbocycles. The molecule has 1 aromatic heterocycles. The summed E-state index contributed by atoms with van der Waals surface area (Å²) in [6.07, 6.45) is 0. The average molecular weight is 335 g/mol. The van der Waals surface area contributed by atoms with Crippen molar-refractivity contribution >= 4 is 51.3 Å². The lowest BCUT2D eigenvalue weighted by Crippen LogP contribution is -2.03. The van der Waals surface area contributed by atoms with Crippen LogP contribution in [-0.4, -0.2) is 18.1 Å². The summed E-state index contributed by atoms with van der Waals surface area (Å²) in [4.78, 5) is 16.3. The van der Waals surface area contributed by atoms with Crippen molar-refractivity contribution < 1.29 is 13.9 Å². The van der Waals surface area contributed by atoms with Gasteiger partial charge in [-0.25, -0.2) is 14.2 Å². The van der Waals surface area contributed by atoms with E-state index in [1.54, 1.807) is 6.92 Å². The molecular formula is C12H9Cl2FN2O2S. The molecule has 0 saturated carbocycles. The van der Waals surface area contributed by atoms with E-state index in [1.807, 2.05) is 0 Å². The fourth-order valence-electron chi connectivity index (χ4n) is 1.49. The van der Waals surface area contributed by atoms with E-state index in [4.69, 9.17) is 23.2 Å². The largest absolute Gasteiger partial charge is 0.464 e. The van der Waals surface area contributed by atoms with E-state index in [-0.39, 0.29) is 15.7 Å². The van der Waals surface area contributed by atoms with Gasteiger partial charge in [0.15, 0.2) is 16.6 Å². The summed E-state index contributed by atoms with van der Waals surface area (Å²) < 4.78 is 17.9. The van der Waals surface area contributed by atoms with E-state index >= 15 is 0 Å². The molecule has 4 nitrogen and oxygen atoms in total. The van der Waals surface area contributed by atoms with Crippen LogP contribution in [0.4, 0.5) is 15.2 Å². The first-order chi connectivity index (χ1) is 9.42. The van der Waals surface area contributed by atoms with Crippen LogP contribution < -0.4 is 5.32 Å². The van der Waals surface area contributed by atoms with E-state index < -0.39 is 11.8 Å². The van der Waals surface area contributed by atoms with Crippen LogP contribution in [0.15, 0.2) is 12.1 Å². The molecule has 1 aromatic carbocycles. The van der Waals surface area contributed by atoms with E-state index in [0.717, 1.165) is 0 Å². The van der Waals surface area contributed by atoms with Crippen molar-refractivity contribution in [2.45, 2.75) is 6.92 Å². The smallest absolute Gasteiger partial charge is 0.357 e. The molecular weight excluding hydrogens is 326 g/mol. The van der Waals surface area contributed by atoms with Crippen LogP contribution in [0.5, 0.6) is 0 Å². The van der Waals surface area contributed by atoms with Crippen molar-refractivity contribution in [1.82, 2.24) is 4.98 Å². The molecule has 0 atom stereocenters. The Labute approximate surface area is 128 Å². The number of ether oxygens (including phenoxy) is 1. The third-order valence-electron chi connectivity index (χ3n) is 2.41. The van der Waals surface area contributed by atoms with Crippen molar-refractivity contribution in [1.29, 1.82) is 0 Å². The quantitative estimate of drug-likeness (QED) is 0.666. The van der Waals surface area contributed by atoms with E-state index in [2.05, 4.69) is 15.0 Å². The van der Waals surface area contributed by atoms with Gasteiger partial charge in [-0.1, -0.05) is 23.2 Å². The number of carbonyl (C=O) groups is 1. The molecule has 2 rings (SSSR count). The highest BCUT2D eigenvalue weighted by Crippen LogP contribution is 2.31. The van der Waals surface area contributed by atoms with Crippen molar-refractivity contribution in [2.24, 2.45) is 0 Å². The Morgan fingerprint density at radius 1 is 1.40 bits per heavy atom. The lowest BCUT2D eigenvalue weighted by molar-refractivity contribution is 0.0594. The van der Waals surface area contributed by atoms with Crippen molar-refractivity contribution in [3.63, 3.8) is 0 Å². The number of aromatic nitrogens is 1. The van der Waals surface area contributed by atoms with Crippen molar-refractivity contribution in [3.8, 4) is 0 Å². The molecule has 1 N–H and O–H groups in total. The zero-order chi connectivity index (χ0) is 14.9. The van der Waals surface area contributed by atoms with Gasteiger partial charge >= 0.3 is 5.97 Å². The van der Waals surface area contributed by atoms with Crippen LogP contribution in [0.3, 0.4) is 0 Å². The molecule has 1 heterocycles. The number of aryl methyl sites for hydroxylation is 1. The second-order valence-corrected chi connectivity index (χ2v) is 5.81. The lowest BCUT2D eigenvalue weighted by atomic mass is 10.3. The summed E-state index contributed by atoms with van der Waals surface area (Å²) >= 11 is 12.7. The van der Waals surface area contributed by atoms with Gasteiger partial charge < -0.3 is 10.1 Å². The fourth-order valence-corrected chi connectivity index (χ4v) is 2.80. The number of halogens is 3. The predicted molar refractivity (Wildman–Crippen MR) is 77.9 cm³/mol. The van der Waals surface area contributed by atoms with E-state index in [9.17, 15) is 9.18 Å². The zero-order valence-corrected chi connectivity index (χ0v) is 12.8. The number of rotatable bonds is 3. The van der Waals surface area contributed by atoms with Crippen LogP contribution >= 0.6 is 34.5 Å². The van der Waals surface area contributed by atoms with Gasteiger partial charge in [0.25, 0.3) is 0 Å². The first-order valence-corrected chi connectivity index (χ1v) is 6.97. The van der Waals surface area contributed by atoms with Gasteiger partial charge in [0.1, 0.15) is 0 Å². The first kappa shape index (κ1) is 15.0. The summed E-state index contributed by atoms with van der Waals surface area (Å²) in [6.45, 7) is 1.75. The number of hydrogen-bond donors (Lipinski definition) is 1. The Kier molecular flexibility index (Phi) is 4.47. The summed E-state index contributed by atoms with van der Waals surface area (Å²) in [5, 5.41) is 3.19. The average Bonchev–Trinajstić information content (AvgIpc) is 2.75. The van der Waals surface area contributed by atoms with Gasteiger partial charge in [-0.15, -0.1) is 11.3 Å². The predicted octanol–water partition coefficient (Wildman–Crippen LogP) is 4.43. The Morgan fingerprint density at radius 3 is 2.55 bits per heavy atom. The molecule has 0 unspecified atom stereocenters. The van der Waals surface area contributed by atoms with Gasteiger partial charge in [0.2, 0.25) is 0 Å². The SMILES string of the molecule is COC(=O)c1nc(Nc2cc(Cl)c(F)c(Cl)c2)sc1C. The molecule has 20 heavy (non-hydrogen) atoms. The highest BCUT2D eigenvalue weighted by Gasteiger charge is 2.16. The molecule has 0 aliphatic rings. The van der Waals surface area contributed by atoms with Gasteiger partial charge in [-0.05, 0) is 19.1 Å². The lowest BCUT2D eigenvalue weighted by Gasteiger charge is -2.05. The van der Waals surface area contributed by atoms with Crippen LogP contribution in [0.1, 0.15) is 15.4 Å². The standard InChI is InChI=1S/C12H9Cl2FN2O2S/c1-5-10(11(18)19-2)17-12(20-5)16-6-3-7(13)9(15)8(14)4-6/h3-4H,1-2H3,(H,16,17). The molecule has 0 spiro atoms. The number of thiazole rings is 1. The summed E-state index contributed by atoms with van der Waals surface area (Å²) in [7, 11) is 1.29. The Bertz CT molecular complexity index is 652. The number of nitrogens with one attached hydrogen (secondary N) is 1. The maximum absolute atomic E-state index is 13.3. The number of anilines is 2. The highest BCUT2D eigenvalue weighted by molar-refractivity contribution is 7.15. The summed E-state index contributed by atoms with van der Waals surface area (Å²) in [6, 6.07) is 2.77. The summed E-state index contributed by atoms with van der Waals surface area (Å²) in [5.74, 6) is -1.19. The molecule has 0 bridgehead atoms. The molecule has 8 heteroatoms. The third kappa shape index (κ3) is 3.03. The minimum absolute atomic E-state index is 0.0959. The highest BCUT2D eigenvalue weighted by atomic mass is 35.5. The van der Waals surface area contributed by atoms with Gasteiger partial charge in [-0.2, -0.15) is 0 Å². The number of nitrogens with zero attached hydrogens (tertiary/aromatic N) is 1. The number of benzene rings is 1. The maximum Gasteiger partial charge on any atom is 0.357 e. The molecule has 0 aliphatic heterocycles. The molecule has 0 saturated heterocycles.